The van der Waals surface area contributed by atoms with Crippen LogP contribution < -0.4 is 24.3 Å². The zero-order valence-electron chi connectivity index (χ0n) is 15.9. The molecule has 0 bridgehead atoms. The van der Waals surface area contributed by atoms with Gasteiger partial charge in [-0.2, -0.15) is 0 Å². The average molecular weight is 401 g/mol. The maximum atomic E-state index is 12.5. The molecule has 0 atom stereocenters. The summed E-state index contributed by atoms with van der Waals surface area (Å²) < 4.78 is 25.9. The van der Waals surface area contributed by atoms with E-state index < -0.39 is 18.5 Å². The van der Waals surface area contributed by atoms with Crippen molar-refractivity contribution in [1.82, 2.24) is 5.32 Å². The van der Waals surface area contributed by atoms with Crippen molar-refractivity contribution < 1.29 is 38.1 Å². The average Bonchev–Trinajstić information content (AvgIpc) is 3.22. The topological polar surface area (TPSA) is 109 Å². The molecule has 1 heterocycles. The molecule has 29 heavy (non-hydrogen) atoms. The van der Waals surface area contributed by atoms with E-state index in [2.05, 4.69) is 5.32 Å². The molecule has 0 radical (unpaired) electrons. The molecule has 1 N–H and O–H groups in total. The lowest BCUT2D eigenvalue weighted by Gasteiger charge is -2.14. The molecule has 152 valence electrons. The highest BCUT2D eigenvalue weighted by molar-refractivity contribution is 6.02. The lowest BCUT2D eigenvalue weighted by Crippen LogP contribution is -2.28. The van der Waals surface area contributed by atoms with Crippen molar-refractivity contribution in [3.63, 3.8) is 0 Å². The molecular formula is C20H19NO8. The van der Waals surface area contributed by atoms with Crippen LogP contribution in [0, 0.1) is 0 Å². The predicted molar refractivity (Wildman–Crippen MR) is 99.6 cm³/mol. The monoisotopic (exact) mass is 401 g/mol. The van der Waals surface area contributed by atoms with Crippen LogP contribution in [0.2, 0.25) is 0 Å². The summed E-state index contributed by atoms with van der Waals surface area (Å²) in [4.78, 5) is 35.8. The number of methoxy groups -OCH3 is 2. The number of hydrogen-bond donors (Lipinski definition) is 1. The third-order valence-electron chi connectivity index (χ3n) is 4.17. The van der Waals surface area contributed by atoms with Crippen LogP contribution in [-0.2, 0) is 16.1 Å². The number of ether oxygens (including phenoxy) is 5. The number of carbonyl (C=O) groups excluding carboxylic acids is 3. The van der Waals surface area contributed by atoms with E-state index in [1.54, 1.807) is 18.2 Å². The van der Waals surface area contributed by atoms with Gasteiger partial charge >= 0.3 is 5.97 Å². The molecule has 0 aromatic heterocycles. The Morgan fingerprint density at radius 3 is 2.62 bits per heavy atom. The lowest BCUT2D eigenvalue weighted by atomic mass is 10.1. The molecule has 1 aliphatic rings. The molecule has 9 heteroatoms. The van der Waals surface area contributed by atoms with Crippen LogP contribution in [0.4, 0.5) is 0 Å². The summed E-state index contributed by atoms with van der Waals surface area (Å²) >= 11 is 0. The van der Waals surface area contributed by atoms with Crippen LogP contribution >= 0.6 is 0 Å². The number of aldehydes is 1. The summed E-state index contributed by atoms with van der Waals surface area (Å²) in [6.45, 7) is -0.144. The highest BCUT2D eigenvalue weighted by Crippen LogP contribution is 2.34. The van der Waals surface area contributed by atoms with Crippen molar-refractivity contribution in [2.75, 3.05) is 27.6 Å². The maximum Gasteiger partial charge on any atom is 0.343 e. The second-order valence-corrected chi connectivity index (χ2v) is 5.92. The van der Waals surface area contributed by atoms with Gasteiger partial charge in [-0.15, -0.1) is 0 Å². The Bertz CT molecular complexity index is 940. The molecule has 0 aliphatic carbocycles. The van der Waals surface area contributed by atoms with Crippen LogP contribution in [0.1, 0.15) is 26.3 Å². The number of fused-ring (bicyclic) bond motifs is 1. The number of benzene rings is 2. The Hall–Kier alpha value is -3.75. The van der Waals surface area contributed by atoms with Gasteiger partial charge in [0.15, 0.2) is 35.9 Å². The van der Waals surface area contributed by atoms with Gasteiger partial charge in [-0.25, -0.2) is 4.79 Å². The number of rotatable bonds is 8. The number of hydrogen-bond acceptors (Lipinski definition) is 8. The van der Waals surface area contributed by atoms with Gasteiger partial charge in [0.05, 0.1) is 14.2 Å². The number of esters is 1. The first kappa shape index (κ1) is 20.0. The van der Waals surface area contributed by atoms with Crippen molar-refractivity contribution in [1.29, 1.82) is 0 Å². The zero-order valence-corrected chi connectivity index (χ0v) is 15.9. The van der Waals surface area contributed by atoms with Crippen LogP contribution in [0.3, 0.4) is 0 Å². The van der Waals surface area contributed by atoms with Gasteiger partial charge in [-0.3, -0.25) is 9.59 Å². The van der Waals surface area contributed by atoms with Gasteiger partial charge in [0.1, 0.15) is 5.56 Å². The SMILES string of the molecule is COc1ccc(C=O)c(C(=O)OCC(=O)NCc2ccc3c(c2)OCO3)c1OC. The van der Waals surface area contributed by atoms with Crippen LogP contribution in [0.5, 0.6) is 23.0 Å². The highest BCUT2D eigenvalue weighted by Gasteiger charge is 2.23. The molecule has 0 fully saturated rings. The van der Waals surface area contributed by atoms with E-state index in [1.807, 2.05) is 0 Å². The molecule has 0 spiro atoms. The molecule has 2 aromatic carbocycles. The van der Waals surface area contributed by atoms with E-state index in [1.165, 1.54) is 26.4 Å². The molecular weight excluding hydrogens is 382 g/mol. The van der Waals surface area contributed by atoms with E-state index >= 15 is 0 Å². The Morgan fingerprint density at radius 2 is 1.90 bits per heavy atom. The summed E-state index contributed by atoms with van der Waals surface area (Å²) in [6.07, 6.45) is 0.498. The Kier molecular flexibility index (Phi) is 6.18. The van der Waals surface area contributed by atoms with E-state index in [-0.39, 0.29) is 36.0 Å². The van der Waals surface area contributed by atoms with Gasteiger partial charge in [0.2, 0.25) is 6.79 Å². The first-order chi connectivity index (χ1) is 14.1. The van der Waals surface area contributed by atoms with Crippen molar-refractivity contribution >= 4 is 18.2 Å². The van der Waals surface area contributed by atoms with Gasteiger partial charge in [0.25, 0.3) is 5.91 Å². The second kappa shape index (κ2) is 8.96. The first-order valence-electron chi connectivity index (χ1n) is 8.60. The summed E-state index contributed by atoms with van der Waals surface area (Å²) in [5, 5.41) is 2.64. The Balaban J connectivity index is 1.60. The lowest BCUT2D eigenvalue weighted by molar-refractivity contribution is -0.124. The molecule has 3 rings (SSSR count). The maximum absolute atomic E-state index is 12.5. The highest BCUT2D eigenvalue weighted by atomic mass is 16.7. The Labute approximate surface area is 166 Å². The molecule has 2 aromatic rings. The third kappa shape index (κ3) is 4.40. The normalized spacial score (nSPS) is 11.5. The number of amides is 1. The summed E-state index contributed by atoms with van der Waals surface area (Å²) in [5.74, 6) is 0.189. The van der Waals surface area contributed by atoms with Gasteiger partial charge in [-0.1, -0.05) is 6.07 Å². The van der Waals surface area contributed by atoms with E-state index in [4.69, 9.17) is 23.7 Å². The summed E-state index contributed by atoms with van der Waals surface area (Å²) in [6, 6.07) is 8.20. The van der Waals surface area contributed by atoms with Crippen LogP contribution in [-0.4, -0.2) is 45.8 Å². The van der Waals surface area contributed by atoms with Crippen molar-refractivity contribution in [2.45, 2.75) is 6.54 Å². The van der Waals surface area contributed by atoms with Crippen LogP contribution in [0.25, 0.3) is 0 Å². The third-order valence-corrected chi connectivity index (χ3v) is 4.17. The fourth-order valence-corrected chi connectivity index (χ4v) is 2.76. The molecule has 0 saturated heterocycles. The molecule has 0 unspecified atom stereocenters. The van der Waals surface area contributed by atoms with Crippen molar-refractivity contribution in [2.24, 2.45) is 0 Å². The van der Waals surface area contributed by atoms with Gasteiger partial charge in [-0.05, 0) is 29.8 Å². The minimum Gasteiger partial charge on any atom is -0.493 e. The van der Waals surface area contributed by atoms with Crippen molar-refractivity contribution in [3.8, 4) is 23.0 Å². The van der Waals surface area contributed by atoms with E-state index in [9.17, 15) is 14.4 Å². The smallest absolute Gasteiger partial charge is 0.343 e. The molecule has 1 amide bonds. The van der Waals surface area contributed by atoms with Crippen molar-refractivity contribution in [3.05, 3.63) is 47.0 Å². The minimum atomic E-state index is -0.874. The number of nitrogens with one attached hydrogen (secondary N) is 1. The molecule has 1 aliphatic heterocycles. The summed E-state index contributed by atoms with van der Waals surface area (Å²) in [7, 11) is 2.73. The fourth-order valence-electron chi connectivity index (χ4n) is 2.76. The molecule has 0 saturated carbocycles. The fraction of sp³-hybridized carbons (Fsp3) is 0.250. The van der Waals surface area contributed by atoms with Crippen LogP contribution in [0.15, 0.2) is 30.3 Å². The predicted octanol–water partition coefficient (Wildman–Crippen LogP) is 1.72. The second-order valence-electron chi connectivity index (χ2n) is 5.92. The number of carbonyl (C=O) groups is 3. The quantitative estimate of drug-likeness (QED) is 0.526. The van der Waals surface area contributed by atoms with E-state index in [0.717, 1.165) is 5.56 Å². The largest absolute Gasteiger partial charge is 0.493 e. The zero-order chi connectivity index (χ0) is 20.8. The van der Waals surface area contributed by atoms with E-state index in [0.29, 0.717) is 17.8 Å². The van der Waals surface area contributed by atoms with Gasteiger partial charge in [0, 0.05) is 12.1 Å². The Morgan fingerprint density at radius 1 is 1.10 bits per heavy atom. The first-order valence-corrected chi connectivity index (χ1v) is 8.60. The molecule has 9 nitrogen and oxygen atoms in total. The standard InChI is InChI=1S/C20H19NO8/c1-25-15-6-4-13(9-22)18(19(15)26-2)20(24)27-10-17(23)21-8-12-3-5-14-16(7-12)29-11-28-14/h3-7,9H,8,10-11H2,1-2H3,(H,21,23). The minimum absolute atomic E-state index is 0.0582. The summed E-state index contributed by atoms with van der Waals surface area (Å²) in [5.41, 5.74) is 0.755. The van der Waals surface area contributed by atoms with Gasteiger partial charge < -0.3 is 29.0 Å².